The van der Waals surface area contributed by atoms with Crippen LogP contribution in [0.15, 0.2) is 24.3 Å². The Hall–Kier alpha value is -1.20. The van der Waals surface area contributed by atoms with Crippen molar-refractivity contribution < 1.29 is 9.59 Å². The largest absolute Gasteiger partial charge is 0.331 e. The quantitative estimate of drug-likeness (QED) is 0.799. The molecular formula is C19H23ClN2O2S. The van der Waals surface area contributed by atoms with E-state index in [4.69, 9.17) is 11.6 Å². The minimum atomic E-state index is -0.319. The Kier molecular flexibility index (Phi) is 4.27. The van der Waals surface area contributed by atoms with E-state index in [0.717, 1.165) is 24.8 Å². The van der Waals surface area contributed by atoms with Gasteiger partial charge in [-0.15, -0.1) is 11.8 Å². The number of amides is 2. The molecule has 1 saturated carbocycles. The SMILES string of the molecule is CC(c1ccc(Cl)cc1)N(C(=O)C1CSC2(C)CCC(=O)N12)C1CC1. The van der Waals surface area contributed by atoms with Crippen LogP contribution in [0, 0.1) is 0 Å². The Labute approximate surface area is 157 Å². The fourth-order valence-electron chi connectivity index (χ4n) is 4.12. The average molecular weight is 379 g/mol. The maximum Gasteiger partial charge on any atom is 0.247 e. The molecule has 2 aliphatic heterocycles. The predicted octanol–water partition coefficient (Wildman–Crippen LogP) is 3.85. The van der Waals surface area contributed by atoms with Crippen LogP contribution in [0.1, 0.15) is 51.1 Å². The van der Waals surface area contributed by atoms with Gasteiger partial charge >= 0.3 is 0 Å². The molecule has 4 rings (SSSR count). The number of fused-ring (bicyclic) bond motifs is 1. The highest BCUT2D eigenvalue weighted by molar-refractivity contribution is 8.01. The number of hydrogen-bond donors (Lipinski definition) is 0. The Morgan fingerprint density at radius 3 is 2.68 bits per heavy atom. The van der Waals surface area contributed by atoms with Gasteiger partial charge in [0.15, 0.2) is 0 Å². The van der Waals surface area contributed by atoms with Crippen molar-refractivity contribution in [1.82, 2.24) is 9.80 Å². The Balaban J connectivity index is 1.60. The molecule has 3 unspecified atom stereocenters. The van der Waals surface area contributed by atoms with Crippen molar-refractivity contribution in [1.29, 1.82) is 0 Å². The minimum absolute atomic E-state index is 0.00757. The fraction of sp³-hybridized carbons (Fsp3) is 0.579. The second-order valence-corrected chi connectivity index (χ2v) is 9.41. The van der Waals surface area contributed by atoms with E-state index in [-0.39, 0.29) is 28.8 Å². The molecule has 4 nitrogen and oxygen atoms in total. The number of rotatable bonds is 4. The first kappa shape index (κ1) is 17.2. The zero-order chi connectivity index (χ0) is 17.8. The molecule has 3 atom stereocenters. The van der Waals surface area contributed by atoms with Gasteiger partial charge in [-0.05, 0) is 50.8 Å². The van der Waals surface area contributed by atoms with Crippen molar-refractivity contribution in [2.75, 3.05) is 5.75 Å². The standard InChI is InChI=1S/C19H23ClN2O2S/c1-12(13-3-5-14(20)6-4-13)21(15-7-8-15)18(24)16-11-25-19(2)10-9-17(23)22(16)19/h3-6,12,15-16H,7-11H2,1-2H3. The van der Waals surface area contributed by atoms with Crippen molar-refractivity contribution in [2.24, 2.45) is 0 Å². The van der Waals surface area contributed by atoms with Crippen LogP contribution in [0.2, 0.25) is 5.02 Å². The summed E-state index contributed by atoms with van der Waals surface area (Å²) in [6.07, 6.45) is 3.50. The van der Waals surface area contributed by atoms with Crippen LogP contribution < -0.4 is 0 Å². The summed E-state index contributed by atoms with van der Waals surface area (Å²) < 4.78 is 0. The summed E-state index contributed by atoms with van der Waals surface area (Å²) in [6, 6.07) is 7.69. The summed E-state index contributed by atoms with van der Waals surface area (Å²) in [5, 5.41) is 0.700. The molecule has 6 heteroatoms. The lowest BCUT2D eigenvalue weighted by Crippen LogP contribution is -2.52. The van der Waals surface area contributed by atoms with Crippen LogP contribution >= 0.6 is 23.4 Å². The van der Waals surface area contributed by atoms with Gasteiger partial charge in [-0.2, -0.15) is 0 Å². The Morgan fingerprint density at radius 1 is 1.36 bits per heavy atom. The molecule has 0 N–H and O–H groups in total. The van der Waals surface area contributed by atoms with Crippen molar-refractivity contribution in [2.45, 2.75) is 62.5 Å². The van der Waals surface area contributed by atoms with Crippen molar-refractivity contribution >= 4 is 35.2 Å². The van der Waals surface area contributed by atoms with Crippen molar-refractivity contribution in [3.63, 3.8) is 0 Å². The number of benzene rings is 1. The van der Waals surface area contributed by atoms with Crippen LogP contribution in [0.3, 0.4) is 0 Å². The van der Waals surface area contributed by atoms with E-state index >= 15 is 0 Å². The van der Waals surface area contributed by atoms with E-state index in [0.29, 0.717) is 23.2 Å². The molecule has 0 aromatic heterocycles. The van der Waals surface area contributed by atoms with Crippen LogP contribution in [0.4, 0.5) is 0 Å². The predicted molar refractivity (Wildman–Crippen MR) is 100 cm³/mol. The molecule has 2 heterocycles. The number of hydrogen-bond acceptors (Lipinski definition) is 3. The average Bonchev–Trinajstić information content (AvgIpc) is 3.28. The molecule has 1 aliphatic carbocycles. The number of thioether (sulfide) groups is 1. The van der Waals surface area contributed by atoms with Crippen LogP contribution in [-0.2, 0) is 9.59 Å². The molecule has 3 fully saturated rings. The first-order valence-electron chi connectivity index (χ1n) is 8.94. The maximum absolute atomic E-state index is 13.4. The van der Waals surface area contributed by atoms with Crippen molar-refractivity contribution in [3.8, 4) is 0 Å². The third kappa shape index (κ3) is 2.95. The molecule has 0 spiro atoms. The van der Waals surface area contributed by atoms with Gasteiger partial charge in [0.2, 0.25) is 11.8 Å². The van der Waals surface area contributed by atoms with E-state index in [2.05, 4.69) is 13.8 Å². The second kappa shape index (κ2) is 6.20. The zero-order valence-electron chi connectivity index (χ0n) is 14.6. The molecule has 2 saturated heterocycles. The molecule has 0 bridgehead atoms. The van der Waals surface area contributed by atoms with Gasteiger partial charge in [0.1, 0.15) is 6.04 Å². The summed E-state index contributed by atoms with van der Waals surface area (Å²) in [7, 11) is 0. The highest BCUT2D eigenvalue weighted by Gasteiger charge is 2.54. The normalized spacial score (nSPS) is 29.6. The lowest BCUT2D eigenvalue weighted by molar-refractivity contribution is -0.145. The van der Waals surface area contributed by atoms with E-state index in [1.54, 1.807) is 11.8 Å². The maximum atomic E-state index is 13.4. The van der Waals surface area contributed by atoms with Crippen LogP contribution in [0.25, 0.3) is 0 Å². The highest BCUT2D eigenvalue weighted by Crippen LogP contribution is 2.48. The Bertz CT molecular complexity index is 706. The molecule has 3 aliphatic rings. The second-order valence-electron chi connectivity index (χ2n) is 7.47. The molecule has 134 valence electrons. The first-order valence-corrected chi connectivity index (χ1v) is 10.3. The third-order valence-electron chi connectivity index (χ3n) is 5.69. The van der Waals surface area contributed by atoms with Crippen molar-refractivity contribution in [3.05, 3.63) is 34.9 Å². The zero-order valence-corrected chi connectivity index (χ0v) is 16.1. The third-order valence-corrected chi connectivity index (χ3v) is 7.45. The molecule has 1 aromatic carbocycles. The molecular weight excluding hydrogens is 356 g/mol. The number of carbonyl (C=O) groups excluding carboxylic acids is 2. The highest BCUT2D eigenvalue weighted by atomic mass is 35.5. The Morgan fingerprint density at radius 2 is 2.04 bits per heavy atom. The van der Waals surface area contributed by atoms with Gasteiger partial charge in [-0.3, -0.25) is 9.59 Å². The van der Waals surface area contributed by atoms with Crippen LogP contribution in [-0.4, -0.2) is 44.3 Å². The molecule has 25 heavy (non-hydrogen) atoms. The fourth-order valence-corrected chi connectivity index (χ4v) is 5.67. The van der Waals surface area contributed by atoms with Gasteiger partial charge in [0, 0.05) is 23.2 Å². The lowest BCUT2D eigenvalue weighted by Gasteiger charge is -2.36. The van der Waals surface area contributed by atoms with Gasteiger partial charge in [-0.1, -0.05) is 23.7 Å². The number of carbonyl (C=O) groups is 2. The topological polar surface area (TPSA) is 40.6 Å². The van der Waals surface area contributed by atoms with Gasteiger partial charge < -0.3 is 9.80 Å². The van der Waals surface area contributed by atoms with Gasteiger partial charge in [-0.25, -0.2) is 0 Å². The summed E-state index contributed by atoms with van der Waals surface area (Å²) in [5.41, 5.74) is 1.09. The monoisotopic (exact) mass is 378 g/mol. The minimum Gasteiger partial charge on any atom is -0.331 e. The van der Waals surface area contributed by atoms with Gasteiger partial charge in [0.05, 0.1) is 10.9 Å². The first-order chi connectivity index (χ1) is 11.9. The molecule has 1 aromatic rings. The molecule has 2 amide bonds. The number of nitrogens with zero attached hydrogens (tertiary/aromatic N) is 2. The summed E-state index contributed by atoms with van der Waals surface area (Å²) in [6.45, 7) is 4.17. The lowest BCUT2D eigenvalue weighted by atomic mass is 10.1. The molecule has 0 radical (unpaired) electrons. The summed E-state index contributed by atoms with van der Waals surface area (Å²) >= 11 is 7.76. The van der Waals surface area contributed by atoms with Crippen LogP contribution in [0.5, 0.6) is 0 Å². The van der Waals surface area contributed by atoms with E-state index in [9.17, 15) is 9.59 Å². The van der Waals surface area contributed by atoms with Gasteiger partial charge in [0.25, 0.3) is 0 Å². The number of halogens is 1. The van der Waals surface area contributed by atoms with E-state index in [1.807, 2.05) is 34.1 Å². The summed E-state index contributed by atoms with van der Waals surface area (Å²) in [5.74, 6) is 0.939. The van der Waals surface area contributed by atoms with E-state index < -0.39 is 0 Å². The van der Waals surface area contributed by atoms with E-state index in [1.165, 1.54) is 0 Å². The summed E-state index contributed by atoms with van der Waals surface area (Å²) in [4.78, 5) is 29.5. The smallest absolute Gasteiger partial charge is 0.247 e.